The van der Waals surface area contributed by atoms with E-state index in [2.05, 4.69) is 21.3 Å². The second-order valence-corrected chi connectivity index (χ2v) is 6.73. The SMILES string of the molecule is NC(=NCC(c1cccs1)N1CCCC1)Nc1cc(F)ccc1F. The summed E-state index contributed by atoms with van der Waals surface area (Å²) in [6.45, 7) is 2.57. The average molecular weight is 350 g/mol. The molecule has 1 unspecified atom stereocenters. The number of hydrogen-bond donors (Lipinski definition) is 2. The number of nitrogens with one attached hydrogen (secondary N) is 1. The molecule has 0 aliphatic carbocycles. The van der Waals surface area contributed by atoms with E-state index in [1.165, 1.54) is 17.7 Å². The average Bonchev–Trinajstić information content (AvgIpc) is 3.25. The van der Waals surface area contributed by atoms with Gasteiger partial charge >= 0.3 is 0 Å². The number of likely N-dealkylation sites (tertiary alicyclic amines) is 1. The Kier molecular flexibility index (Phi) is 5.42. The molecular formula is C17H20F2N4S. The third-order valence-electron chi connectivity index (χ3n) is 4.08. The van der Waals surface area contributed by atoms with Crippen LogP contribution in [0.5, 0.6) is 0 Å². The van der Waals surface area contributed by atoms with Crippen LogP contribution in [0.4, 0.5) is 14.5 Å². The summed E-state index contributed by atoms with van der Waals surface area (Å²) in [5.41, 5.74) is 5.85. The topological polar surface area (TPSA) is 53.6 Å². The highest BCUT2D eigenvalue weighted by Gasteiger charge is 2.24. The van der Waals surface area contributed by atoms with Crippen LogP contribution in [-0.2, 0) is 0 Å². The minimum absolute atomic E-state index is 0.00917. The van der Waals surface area contributed by atoms with Crippen molar-refractivity contribution < 1.29 is 8.78 Å². The molecule has 4 nitrogen and oxygen atoms in total. The van der Waals surface area contributed by atoms with Crippen molar-refractivity contribution in [1.29, 1.82) is 0 Å². The van der Waals surface area contributed by atoms with Crippen molar-refractivity contribution in [1.82, 2.24) is 4.90 Å². The number of nitrogens with two attached hydrogens (primary N) is 1. The number of anilines is 1. The normalized spacial score (nSPS) is 17.2. The first-order valence-corrected chi connectivity index (χ1v) is 8.81. The van der Waals surface area contributed by atoms with Gasteiger partial charge in [0.15, 0.2) is 5.96 Å². The Bertz CT molecular complexity index is 697. The maximum Gasteiger partial charge on any atom is 0.193 e. The summed E-state index contributed by atoms with van der Waals surface area (Å²) in [7, 11) is 0. The smallest absolute Gasteiger partial charge is 0.193 e. The summed E-state index contributed by atoms with van der Waals surface area (Å²) >= 11 is 1.70. The Morgan fingerprint density at radius 1 is 1.29 bits per heavy atom. The third kappa shape index (κ3) is 4.10. The van der Waals surface area contributed by atoms with E-state index in [1.54, 1.807) is 11.3 Å². The van der Waals surface area contributed by atoms with Crippen LogP contribution < -0.4 is 11.1 Å². The van der Waals surface area contributed by atoms with Gasteiger partial charge in [0.05, 0.1) is 18.3 Å². The van der Waals surface area contributed by atoms with Crippen LogP contribution in [0.25, 0.3) is 0 Å². The number of nitrogens with zero attached hydrogens (tertiary/aromatic N) is 2. The Balaban J connectivity index is 1.70. The summed E-state index contributed by atoms with van der Waals surface area (Å²) in [5.74, 6) is -1.01. The van der Waals surface area contributed by atoms with Crippen molar-refractivity contribution in [3.63, 3.8) is 0 Å². The highest BCUT2D eigenvalue weighted by Crippen LogP contribution is 2.28. The number of thiophene rings is 1. The predicted octanol–water partition coefficient (Wildman–Crippen LogP) is 3.59. The highest BCUT2D eigenvalue weighted by molar-refractivity contribution is 7.10. The molecule has 3 N–H and O–H groups in total. The predicted molar refractivity (Wildman–Crippen MR) is 94.3 cm³/mol. The molecule has 0 amide bonds. The minimum Gasteiger partial charge on any atom is -0.370 e. The second kappa shape index (κ2) is 7.72. The molecule has 1 fully saturated rings. The van der Waals surface area contributed by atoms with Crippen molar-refractivity contribution in [2.24, 2.45) is 10.7 Å². The largest absolute Gasteiger partial charge is 0.370 e. The zero-order valence-corrected chi connectivity index (χ0v) is 14.0. The molecule has 1 atom stereocenters. The molecule has 7 heteroatoms. The highest BCUT2D eigenvalue weighted by atomic mass is 32.1. The van der Waals surface area contributed by atoms with E-state index in [9.17, 15) is 8.78 Å². The van der Waals surface area contributed by atoms with Gasteiger partial charge in [-0.3, -0.25) is 9.89 Å². The summed E-state index contributed by atoms with van der Waals surface area (Å²) in [4.78, 5) is 7.99. The van der Waals surface area contributed by atoms with E-state index in [0.29, 0.717) is 6.54 Å². The molecule has 0 radical (unpaired) electrons. The van der Waals surface area contributed by atoms with E-state index < -0.39 is 11.6 Å². The lowest BCUT2D eigenvalue weighted by Gasteiger charge is -2.25. The minimum atomic E-state index is -0.566. The molecular weight excluding hydrogens is 330 g/mol. The molecule has 1 aromatic carbocycles. The molecule has 128 valence electrons. The number of rotatable bonds is 5. The second-order valence-electron chi connectivity index (χ2n) is 5.75. The zero-order valence-electron chi connectivity index (χ0n) is 13.2. The lowest BCUT2D eigenvalue weighted by atomic mass is 10.2. The summed E-state index contributed by atoms with van der Waals surface area (Å²) in [6.07, 6.45) is 2.38. The van der Waals surface area contributed by atoms with Gasteiger partial charge in [0.2, 0.25) is 0 Å². The summed E-state index contributed by atoms with van der Waals surface area (Å²) < 4.78 is 26.9. The van der Waals surface area contributed by atoms with Gasteiger partial charge in [-0.2, -0.15) is 0 Å². The van der Waals surface area contributed by atoms with Gasteiger partial charge in [-0.15, -0.1) is 11.3 Å². The van der Waals surface area contributed by atoms with E-state index in [-0.39, 0.29) is 17.7 Å². The first-order chi connectivity index (χ1) is 11.6. The molecule has 1 saturated heterocycles. The maximum absolute atomic E-state index is 13.7. The van der Waals surface area contributed by atoms with Crippen LogP contribution in [-0.4, -0.2) is 30.5 Å². The van der Waals surface area contributed by atoms with Gasteiger partial charge in [0, 0.05) is 10.9 Å². The summed E-state index contributed by atoms with van der Waals surface area (Å²) in [5, 5.41) is 4.69. The van der Waals surface area contributed by atoms with Crippen LogP contribution >= 0.6 is 11.3 Å². The standard InChI is InChI=1S/C17H20F2N4S/c18-12-5-6-13(19)14(10-12)22-17(20)21-11-15(16-4-3-9-24-16)23-7-1-2-8-23/h3-6,9-10,15H,1-2,7-8,11H2,(H3,20,21,22). The molecule has 2 aromatic rings. The Labute approximate surface area is 144 Å². The number of guanidine groups is 1. The van der Waals surface area contributed by atoms with Gasteiger partial charge in [-0.05, 0) is 49.5 Å². The van der Waals surface area contributed by atoms with Gasteiger partial charge in [0.25, 0.3) is 0 Å². The fourth-order valence-corrected chi connectivity index (χ4v) is 3.73. The Morgan fingerprint density at radius 3 is 2.79 bits per heavy atom. The fourth-order valence-electron chi connectivity index (χ4n) is 2.88. The van der Waals surface area contributed by atoms with Crippen LogP contribution in [0.3, 0.4) is 0 Å². The van der Waals surface area contributed by atoms with Gasteiger partial charge in [-0.1, -0.05) is 6.07 Å². The molecule has 0 spiro atoms. The fraction of sp³-hybridized carbons (Fsp3) is 0.353. The maximum atomic E-state index is 13.7. The first-order valence-electron chi connectivity index (χ1n) is 7.93. The van der Waals surface area contributed by atoms with Crippen molar-refractivity contribution in [3.05, 3.63) is 52.2 Å². The van der Waals surface area contributed by atoms with E-state index >= 15 is 0 Å². The lowest BCUT2D eigenvalue weighted by molar-refractivity contribution is 0.255. The number of aliphatic imine (C=N–C) groups is 1. The monoisotopic (exact) mass is 350 g/mol. The van der Waals surface area contributed by atoms with Gasteiger partial charge < -0.3 is 11.1 Å². The van der Waals surface area contributed by atoms with Crippen LogP contribution in [0.15, 0.2) is 40.7 Å². The quantitative estimate of drug-likeness (QED) is 0.640. The molecule has 0 bridgehead atoms. The Hall–Kier alpha value is -1.99. The molecule has 3 rings (SSSR count). The van der Waals surface area contributed by atoms with Crippen molar-refractivity contribution in [3.8, 4) is 0 Å². The van der Waals surface area contributed by atoms with E-state index in [0.717, 1.165) is 31.3 Å². The number of hydrogen-bond acceptors (Lipinski definition) is 3. The molecule has 1 aliphatic heterocycles. The number of benzene rings is 1. The third-order valence-corrected chi connectivity index (χ3v) is 5.05. The summed E-state index contributed by atoms with van der Waals surface area (Å²) in [6, 6.07) is 7.48. The van der Waals surface area contributed by atoms with Gasteiger partial charge in [0.1, 0.15) is 11.6 Å². The number of halogens is 2. The van der Waals surface area contributed by atoms with Gasteiger partial charge in [-0.25, -0.2) is 8.78 Å². The molecule has 0 saturated carbocycles. The Morgan fingerprint density at radius 2 is 2.08 bits per heavy atom. The molecule has 1 aliphatic rings. The zero-order chi connectivity index (χ0) is 16.9. The van der Waals surface area contributed by atoms with Crippen molar-refractivity contribution >= 4 is 23.0 Å². The van der Waals surface area contributed by atoms with Crippen LogP contribution in [0.2, 0.25) is 0 Å². The molecule has 24 heavy (non-hydrogen) atoms. The van der Waals surface area contributed by atoms with E-state index in [1.807, 2.05) is 11.4 Å². The molecule has 1 aromatic heterocycles. The van der Waals surface area contributed by atoms with E-state index in [4.69, 9.17) is 5.73 Å². The molecule has 2 heterocycles. The van der Waals surface area contributed by atoms with Crippen LogP contribution in [0, 0.1) is 11.6 Å². The van der Waals surface area contributed by atoms with Crippen molar-refractivity contribution in [2.75, 3.05) is 25.0 Å². The first kappa shape index (κ1) is 16.9. The van der Waals surface area contributed by atoms with Crippen molar-refractivity contribution in [2.45, 2.75) is 18.9 Å². The van der Waals surface area contributed by atoms with Crippen LogP contribution in [0.1, 0.15) is 23.8 Å². The lowest BCUT2D eigenvalue weighted by Crippen LogP contribution is -2.29.